The molecule has 1 aromatic heterocycles. The highest BCUT2D eigenvalue weighted by Gasteiger charge is 2.13. The van der Waals surface area contributed by atoms with Crippen LogP contribution in [-0.4, -0.2) is 9.78 Å². The number of aromatic nitrogens is 2. The number of nitrogen functional groups attached to an aromatic ring is 1. The van der Waals surface area contributed by atoms with E-state index in [4.69, 9.17) is 10.5 Å². The molecule has 2 rings (SSSR count). The summed E-state index contributed by atoms with van der Waals surface area (Å²) in [5.41, 5.74) is 8.60. The highest BCUT2D eigenvalue weighted by atomic mass is 79.9. The fraction of sp³-hybridized carbons (Fsp3) is 0.308. The zero-order valence-electron chi connectivity index (χ0n) is 10.5. The van der Waals surface area contributed by atoms with Gasteiger partial charge in [-0.2, -0.15) is 5.10 Å². The van der Waals surface area contributed by atoms with Crippen molar-refractivity contribution in [2.24, 2.45) is 7.05 Å². The number of anilines is 1. The van der Waals surface area contributed by atoms with Crippen LogP contribution in [0.15, 0.2) is 28.7 Å². The van der Waals surface area contributed by atoms with Crippen molar-refractivity contribution in [2.45, 2.75) is 20.0 Å². The first-order valence-electron chi connectivity index (χ1n) is 5.80. The van der Waals surface area contributed by atoms with E-state index in [0.29, 0.717) is 18.2 Å². The van der Waals surface area contributed by atoms with Crippen LogP contribution in [0.5, 0.6) is 5.88 Å². The quantitative estimate of drug-likeness (QED) is 0.944. The largest absolute Gasteiger partial charge is 0.471 e. The summed E-state index contributed by atoms with van der Waals surface area (Å²) in [5, 5.41) is 4.31. The maximum absolute atomic E-state index is 5.99. The second kappa shape index (κ2) is 5.44. The second-order valence-electron chi connectivity index (χ2n) is 4.06. The summed E-state index contributed by atoms with van der Waals surface area (Å²) < 4.78 is 8.48. The molecule has 0 bridgehead atoms. The van der Waals surface area contributed by atoms with Gasteiger partial charge in [0.1, 0.15) is 12.3 Å². The van der Waals surface area contributed by atoms with Crippen LogP contribution in [0.25, 0.3) is 0 Å². The summed E-state index contributed by atoms with van der Waals surface area (Å²) in [6, 6.07) is 8.00. The molecule has 96 valence electrons. The molecule has 0 aliphatic rings. The van der Waals surface area contributed by atoms with Crippen molar-refractivity contribution in [3.63, 3.8) is 0 Å². The molecule has 0 saturated heterocycles. The normalized spacial score (nSPS) is 10.6. The highest BCUT2D eigenvalue weighted by molar-refractivity contribution is 9.10. The predicted molar refractivity (Wildman–Crippen MR) is 75.5 cm³/mol. The first kappa shape index (κ1) is 13.0. The van der Waals surface area contributed by atoms with Crippen molar-refractivity contribution >= 4 is 21.6 Å². The molecule has 0 spiro atoms. The van der Waals surface area contributed by atoms with Crippen molar-refractivity contribution in [1.82, 2.24) is 9.78 Å². The molecule has 0 unspecified atom stereocenters. The lowest BCUT2D eigenvalue weighted by Crippen LogP contribution is -2.02. The maximum atomic E-state index is 5.99. The number of ether oxygens (including phenoxy) is 1. The molecule has 0 fully saturated rings. The van der Waals surface area contributed by atoms with Crippen LogP contribution < -0.4 is 10.5 Å². The van der Waals surface area contributed by atoms with Crippen molar-refractivity contribution in [3.05, 3.63) is 40.0 Å². The minimum absolute atomic E-state index is 0.486. The van der Waals surface area contributed by atoms with Crippen molar-refractivity contribution in [3.8, 4) is 5.88 Å². The highest BCUT2D eigenvalue weighted by Crippen LogP contribution is 2.25. The monoisotopic (exact) mass is 309 g/mol. The maximum Gasteiger partial charge on any atom is 0.236 e. The Morgan fingerprint density at radius 3 is 2.56 bits per heavy atom. The van der Waals surface area contributed by atoms with Gasteiger partial charge >= 0.3 is 0 Å². The molecular formula is C13H16BrN3O. The third kappa shape index (κ3) is 2.67. The SMILES string of the molecule is CCc1nn(C)c(OCc2ccc(Br)cc2)c1N. The Labute approximate surface area is 115 Å². The van der Waals surface area contributed by atoms with E-state index in [-0.39, 0.29) is 0 Å². The molecule has 0 atom stereocenters. The lowest BCUT2D eigenvalue weighted by atomic mass is 10.2. The Kier molecular flexibility index (Phi) is 3.91. The lowest BCUT2D eigenvalue weighted by molar-refractivity contribution is 0.280. The number of benzene rings is 1. The Morgan fingerprint density at radius 1 is 1.33 bits per heavy atom. The van der Waals surface area contributed by atoms with E-state index in [1.165, 1.54) is 0 Å². The molecule has 0 aliphatic carbocycles. The molecule has 4 nitrogen and oxygen atoms in total. The third-order valence-electron chi connectivity index (χ3n) is 2.73. The average Bonchev–Trinajstić information content (AvgIpc) is 2.64. The second-order valence-corrected chi connectivity index (χ2v) is 4.97. The molecule has 2 aromatic rings. The molecule has 2 N–H and O–H groups in total. The number of rotatable bonds is 4. The van der Waals surface area contributed by atoms with Gasteiger partial charge < -0.3 is 10.5 Å². The van der Waals surface area contributed by atoms with Crippen LogP contribution in [0.2, 0.25) is 0 Å². The Hall–Kier alpha value is -1.49. The third-order valence-corrected chi connectivity index (χ3v) is 3.26. The Balaban J connectivity index is 2.10. The van der Waals surface area contributed by atoms with E-state index in [1.807, 2.05) is 38.2 Å². The van der Waals surface area contributed by atoms with Gasteiger partial charge in [0.05, 0.1) is 5.69 Å². The van der Waals surface area contributed by atoms with Crippen LogP contribution in [0, 0.1) is 0 Å². The number of nitrogens with zero attached hydrogens (tertiary/aromatic N) is 2. The molecular weight excluding hydrogens is 294 g/mol. The fourth-order valence-electron chi connectivity index (χ4n) is 1.74. The first-order chi connectivity index (χ1) is 8.61. The lowest BCUT2D eigenvalue weighted by Gasteiger charge is -2.07. The summed E-state index contributed by atoms with van der Waals surface area (Å²) in [6.45, 7) is 2.51. The van der Waals surface area contributed by atoms with Gasteiger partial charge in [0.25, 0.3) is 0 Å². The minimum Gasteiger partial charge on any atom is -0.471 e. The number of halogens is 1. The van der Waals surface area contributed by atoms with Crippen LogP contribution >= 0.6 is 15.9 Å². The van der Waals surface area contributed by atoms with Crippen molar-refractivity contribution in [2.75, 3.05) is 5.73 Å². The van der Waals surface area contributed by atoms with Gasteiger partial charge in [-0.25, -0.2) is 4.68 Å². The van der Waals surface area contributed by atoms with Crippen LogP contribution in [0.3, 0.4) is 0 Å². The first-order valence-corrected chi connectivity index (χ1v) is 6.59. The molecule has 0 aliphatic heterocycles. The standard InChI is InChI=1S/C13H16BrN3O/c1-3-11-12(15)13(17(2)16-11)18-8-9-4-6-10(14)7-5-9/h4-7H,3,8,15H2,1-2H3. The van der Waals surface area contributed by atoms with Gasteiger partial charge in [0.2, 0.25) is 5.88 Å². The van der Waals surface area contributed by atoms with Gasteiger partial charge in [-0.1, -0.05) is 35.0 Å². The number of aryl methyl sites for hydroxylation is 2. The average molecular weight is 310 g/mol. The summed E-state index contributed by atoms with van der Waals surface area (Å²) in [7, 11) is 1.84. The Bertz CT molecular complexity index is 534. The van der Waals surface area contributed by atoms with Crippen molar-refractivity contribution < 1.29 is 4.74 Å². The number of nitrogens with two attached hydrogens (primary N) is 1. The van der Waals surface area contributed by atoms with Crippen LogP contribution in [0.4, 0.5) is 5.69 Å². The molecule has 18 heavy (non-hydrogen) atoms. The molecule has 0 amide bonds. The van der Waals surface area contributed by atoms with Gasteiger partial charge in [0.15, 0.2) is 0 Å². The number of hydrogen-bond donors (Lipinski definition) is 1. The molecule has 0 saturated carbocycles. The zero-order valence-corrected chi connectivity index (χ0v) is 12.1. The van der Waals surface area contributed by atoms with E-state index in [1.54, 1.807) is 4.68 Å². The summed E-state index contributed by atoms with van der Waals surface area (Å²) >= 11 is 3.40. The topological polar surface area (TPSA) is 53.1 Å². The van der Waals surface area contributed by atoms with E-state index < -0.39 is 0 Å². The van der Waals surface area contributed by atoms with E-state index >= 15 is 0 Å². The molecule has 1 aromatic carbocycles. The van der Waals surface area contributed by atoms with Crippen LogP contribution in [0.1, 0.15) is 18.2 Å². The van der Waals surface area contributed by atoms with E-state index in [9.17, 15) is 0 Å². The van der Waals surface area contributed by atoms with Gasteiger partial charge in [-0.05, 0) is 24.1 Å². The Morgan fingerprint density at radius 2 is 2.00 bits per heavy atom. The summed E-state index contributed by atoms with van der Waals surface area (Å²) in [6.07, 6.45) is 0.807. The minimum atomic E-state index is 0.486. The molecule has 1 heterocycles. The number of hydrogen-bond acceptors (Lipinski definition) is 3. The van der Waals surface area contributed by atoms with Gasteiger partial charge in [0, 0.05) is 11.5 Å². The fourth-order valence-corrected chi connectivity index (χ4v) is 2.01. The molecule has 0 radical (unpaired) electrons. The zero-order chi connectivity index (χ0) is 13.1. The van der Waals surface area contributed by atoms with Gasteiger partial charge in [-0.15, -0.1) is 0 Å². The molecule has 5 heteroatoms. The van der Waals surface area contributed by atoms with Gasteiger partial charge in [-0.3, -0.25) is 0 Å². The summed E-state index contributed by atoms with van der Waals surface area (Å²) in [5.74, 6) is 0.634. The van der Waals surface area contributed by atoms with Crippen LogP contribution in [-0.2, 0) is 20.1 Å². The smallest absolute Gasteiger partial charge is 0.236 e. The predicted octanol–water partition coefficient (Wildman–Crippen LogP) is 2.91. The summed E-state index contributed by atoms with van der Waals surface area (Å²) in [4.78, 5) is 0. The van der Waals surface area contributed by atoms with Crippen molar-refractivity contribution in [1.29, 1.82) is 0 Å². The van der Waals surface area contributed by atoms with E-state index in [0.717, 1.165) is 22.2 Å². The van der Waals surface area contributed by atoms with E-state index in [2.05, 4.69) is 21.0 Å².